The molecule has 1 aromatic carbocycles. The molecule has 0 saturated carbocycles. The van der Waals surface area contributed by atoms with E-state index in [0.29, 0.717) is 10.5 Å². The van der Waals surface area contributed by atoms with Gasteiger partial charge in [0.25, 0.3) is 0 Å². The SMILES string of the molecule is CCCCC(N)(O[SiH3])c1ccccc1. The van der Waals surface area contributed by atoms with Gasteiger partial charge < -0.3 is 10.2 Å². The first-order valence-electron chi connectivity index (χ1n) is 5.12. The van der Waals surface area contributed by atoms with Crippen molar-refractivity contribution in [3.63, 3.8) is 0 Å². The largest absolute Gasteiger partial charge is 0.407 e. The van der Waals surface area contributed by atoms with Crippen molar-refractivity contribution in [3.05, 3.63) is 35.9 Å². The summed E-state index contributed by atoms with van der Waals surface area (Å²) in [5.41, 5.74) is 6.75. The van der Waals surface area contributed by atoms with Gasteiger partial charge in [0.2, 0.25) is 0 Å². The molecule has 0 spiro atoms. The highest BCUT2D eigenvalue weighted by Gasteiger charge is 2.24. The summed E-state index contributed by atoms with van der Waals surface area (Å²) in [5, 5.41) is 0. The highest BCUT2D eigenvalue weighted by molar-refractivity contribution is 5.98. The Morgan fingerprint density at radius 3 is 2.50 bits per heavy atom. The molecule has 1 aromatic rings. The van der Waals surface area contributed by atoms with Gasteiger partial charge in [-0.15, -0.1) is 0 Å². The molecule has 0 aliphatic carbocycles. The molecule has 0 heterocycles. The number of nitrogens with two attached hydrogens (primary N) is 1. The van der Waals surface area contributed by atoms with Crippen molar-refractivity contribution in [2.75, 3.05) is 0 Å². The maximum atomic E-state index is 6.22. The fourth-order valence-electron chi connectivity index (χ4n) is 1.52. The number of rotatable bonds is 5. The molecule has 0 radical (unpaired) electrons. The van der Waals surface area contributed by atoms with E-state index in [2.05, 4.69) is 6.92 Å². The fraction of sp³-hybridized carbons (Fsp3) is 0.455. The fourth-order valence-corrected chi connectivity index (χ4v) is 1.96. The Morgan fingerprint density at radius 2 is 2.00 bits per heavy atom. The predicted octanol–water partition coefficient (Wildman–Crippen LogP) is 1.29. The van der Waals surface area contributed by atoms with Gasteiger partial charge in [-0.2, -0.15) is 0 Å². The molecule has 0 fully saturated rings. The van der Waals surface area contributed by atoms with E-state index in [-0.39, 0.29) is 0 Å². The maximum Gasteiger partial charge on any atom is 0.148 e. The average molecular weight is 209 g/mol. The third-order valence-electron chi connectivity index (χ3n) is 2.53. The van der Waals surface area contributed by atoms with Crippen LogP contribution in [-0.4, -0.2) is 10.5 Å². The van der Waals surface area contributed by atoms with Crippen molar-refractivity contribution in [2.24, 2.45) is 5.73 Å². The minimum Gasteiger partial charge on any atom is -0.407 e. The standard InChI is InChI=1S/C11H19NOSi/c1-2-3-9-11(12,13-14)10-7-5-4-6-8-10/h4-8H,2-3,9,12H2,1,14H3. The van der Waals surface area contributed by atoms with Gasteiger partial charge in [0.05, 0.1) is 0 Å². The minimum absolute atomic E-state index is 0.552. The van der Waals surface area contributed by atoms with Gasteiger partial charge in [0.1, 0.15) is 16.2 Å². The van der Waals surface area contributed by atoms with E-state index >= 15 is 0 Å². The third-order valence-corrected chi connectivity index (χ3v) is 3.26. The molecule has 0 bridgehead atoms. The molecule has 14 heavy (non-hydrogen) atoms. The van der Waals surface area contributed by atoms with Crippen molar-refractivity contribution in [3.8, 4) is 0 Å². The highest BCUT2D eigenvalue weighted by Crippen LogP contribution is 2.24. The molecule has 3 heteroatoms. The van der Waals surface area contributed by atoms with Crippen LogP contribution >= 0.6 is 0 Å². The second-order valence-corrected chi connectivity index (χ2v) is 3.97. The molecule has 1 unspecified atom stereocenters. The summed E-state index contributed by atoms with van der Waals surface area (Å²) in [6, 6.07) is 10.1. The molecule has 1 atom stereocenters. The lowest BCUT2D eigenvalue weighted by atomic mass is 9.98. The summed E-state index contributed by atoms with van der Waals surface area (Å²) in [6.07, 6.45) is 3.15. The van der Waals surface area contributed by atoms with E-state index in [0.717, 1.165) is 24.8 Å². The molecular formula is C11H19NOSi. The Kier molecular flexibility index (Phi) is 4.32. The van der Waals surface area contributed by atoms with Crippen molar-refractivity contribution in [1.82, 2.24) is 0 Å². The third kappa shape index (κ3) is 2.67. The van der Waals surface area contributed by atoms with Crippen LogP contribution in [-0.2, 0) is 10.2 Å². The first kappa shape index (κ1) is 11.4. The summed E-state index contributed by atoms with van der Waals surface area (Å²) in [5.74, 6) is 0. The summed E-state index contributed by atoms with van der Waals surface area (Å²) in [4.78, 5) is 0. The predicted molar refractivity (Wildman–Crippen MR) is 62.9 cm³/mol. The van der Waals surface area contributed by atoms with Crippen LogP contribution in [0.5, 0.6) is 0 Å². The Balaban J connectivity index is 2.79. The van der Waals surface area contributed by atoms with E-state index < -0.39 is 5.72 Å². The van der Waals surface area contributed by atoms with Crippen LogP contribution in [0.4, 0.5) is 0 Å². The van der Waals surface area contributed by atoms with Crippen molar-refractivity contribution in [1.29, 1.82) is 0 Å². The van der Waals surface area contributed by atoms with Crippen LogP contribution in [0.25, 0.3) is 0 Å². The first-order valence-corrected chi connectivity index (χ1v) is 5.94. The lowest BCUT2D eigenvalue weighted by Crippen LogP contribution is -2.39. The topological polar surface area (TPSA) is 35.2 Å². The summed E-state index contributed by atoms with van der Waals surface area (Å²) < 4.78 is 5.54. The number of hydrogen-bond acceptors (Lipinski definition) is 2. The Bertz CT molecular complexity index is 265. The molecule has 78 valence electrons. The molecule has 2 N–H and O–H groups in total. The second-order valence-electron chi connectivity index (χ2n) is 3.56. The lowest BCUT2D eigenvalue weighted by Gasteiger charge is -2.29. The van der Waals surface area contributed by atoms with Gasteiger partial charge in [-0.25, -0.2) is 0 Å². The number of hydrogen-bond donors (Lipinski definition) is 1. The number of unbranched alkanes of at least 4 members (excludes halogenated alkanes) is 1. The van der Waals surface area contributed by atoms with Gasteiger partial charge in [0.15, 0.2) is 0 Å². The zero-order valence-corrected chi connectivity index (χ0v) is 11.0. The maximum absolute atomic E-state index is 6.22. The van der Waals surface area contributed by atoms with Gasteiger partial charge in [-0.1, -0.05) is 43.7 Å². The van der Waals surface area contributed by atoms with Crippen LogP contribution in [0.1, 0.15) is 31.7 Å². The zero-order chi connectivity index (χ0) is 10.4. The van der Waals surface area contributed by atoms with E-state index in [1.54, 1.807) is 0 Å². The Morgan fingerprint density at radius 1 is 1.36 bits per heavy atom. The van der Waals surface area contributed by atoms with E-state index in [1.807, 2.05) is 30.3 Å². The Hall–Kier alpha value is -0.643. The highest BCUT2D eigenvalue weighted by atomic mass is 28.2. The zero-order valence-electron chi connectivity index (χ0n) is 8.99. The average Bonchev–Trinajstić information content (AvgIpc) is 2.27. The molecular weight excluding hydrogens is 190 g/mol. The summed E-state index contributed by atoms with van der Waals surface area (Å²) in [6.45, 7) is 2.17. The van der Waals surface area contributed by atoms with Crippen LogP contribution < -0.4 is 5.73 Å². The van der Waals surface area contributed by atoms with Gasteiger partial charge in [0, 0.05) is 0 Å². The molecule has 0 amide bonds. The van der Waals surface area contributed by atoms with Crippen LogP contribution in [0, 0.1) is 0 Å². The normalized spacial score (nSPS) is 15.3. The van der Waals surface area contributed by atoms with Gasteiger partial charge in [-0.3, -0.25) is 0 Å². The van der Waals surface area contributed by atoms with Crippen LogP contribution in [0.2, 0.25) is 0 Å². The Labute approximate surface area is 89.0 Å². The molecule has 2 nitrogen and oxygen atoms in total. The van der Waals surface area contributed by atoms with Crippen LogP contribution in [0.15, 0.2) is 30.3 Å². The van der Waals surface area contributed by atoms with Gasteiger partial charge in [-0.05, 0) is 18.4 Å². The smallest absolute Gasteiger partial charge is 0.148 e. The van der Waals surface area contributed by atoms with Crippen LogP contribution in [0.3, 0.4) is 0 Å². The minimum atomic E-state index is -0.552. The molecule has 0 aliphatic heterocycles. The molecule has 0 saturated heterocycles. The molecule has 0 aliphatic rings. The van der Waals surface area contributed by atoms with Gasteiger partial charge >= 0.3 is 0 Å². The lowest BCUT2D eigenvalue weighted by molar-refractivity contribution is 0.0722. The summed E-state index contributed by atoms with van der Waals surface area (Å²) in [7, 11) is 0.673. The van der Waals surface area contributed by atoms with Crippen molar-refractivity contribution in [2.45, 2.75) is 31.9 Å². The molecule has 1 rings (SSSR count). The molecule has 0 aromatic heterocycles. The summed E-state index contributed by atoms with van der Waals surface area (Å²) >= 11 is 0. The first-order chi connectivity index (χ1) is 6.73. The van der Waals surface area contributed by atoms with Crippen molar-refractivity contribution >= 4 is 10.5 Å². The van der Waals surface area contributed by atoms with E-state index in [1.165, 1.54) is 0 Å². The second kappa shape index (κ2) is 5.29. The van der Waals surface area contributed by atoms with E-state index in [9.17, 15) is 0 Å². The quantitative estimate of drug-likeness (QED) is 0.586. The number of benzene rings is 1. The monoisotopic (exact) mass is 209 g/mol. The van der Waals surface area contributed by atoms with E-state index in [4.69, 9.17) is 10.2 Å². The van der Waals surface area contributed by atoms with Crippen molar-refractivity contribution < 1.29 is 4.43 Å².